The number of hydrogen-bond acceptors (Lipinski definition) is 4. The second-order valence-corrected chi connectivity index (χ2v) is 7.51. The van der Waals surface area contributed by atoms with Gasteiger partial charge in [-0.15, -0.1) is 17.5 Å². The van der Waals surface area contributed by atoms with Gasteiger partial charge < -0.3 is 15.2 Å². The number of hydrogen-bond donors (Lipinski definition) is 2. The SMILES string of the molecule is CCn1c2ccccc2c2cc(NC(=O)c3cn(C4CCNCC4)nn3)ccc21.Cl. The van der Waals surface area contributed by atoms with Crippen molar-refractivity contribution < 1.29 is 4.79 Å². The van der Waals surface area contributed by atoms with Crippen LogP contribution in [0.2, 0.25) is 0 Å². The average molecular weight is 425 g/mol. The zero-order chi connectivity index (χ0) is 19.8. The Labute approximate surface area is 180 Å². The number of piperidine rings is 1. The van der Waals surface area contributed by atoms with Crippen molar-refractivity contribution in [3.05, 3.63) is 54.4 Å². The van der Waals surface area contributed by atoms with Gasteiger partial charge in [0.25, 0.3) is 5.91 Å². The molecule has 0 spiro atoms. The zero-order valence-electron chi connectivity index (χ0n) is 16.8. The summed E-state index contributed by atoms with van der Waals surface area (Å²) in [6.45, 7) is 4.98. The van der Waals surface area contributed by atoms with Crippen LogP contribution < -0.4 is 10.6 Å². The number of aromatic nitrogens is 4. The molecular weight excluding hydrogens is 400 g/mol. The first-order chi connectivity index (χ1) is 14.2. The van der Waals surface area contributed by atoms with Crippen molar-refractivity contribution in [1.29, 1.82) is 0 Å². The van der Waals surface area contributed by atoms with E-state index in [-0.39, 0.29) is 18.3 Å². The first kappa shape index (κ1) is 20.4. The molecule has 3 heterocycles. The Kier molecular flexibility index (Phi) is 5.74. The van der Waals surface area contributed by atoms with Crippen molar-refractivity contribution in [2.24, 2.45) is 0 Å². The van der Waals surface area contributed by atoms with Crippen LogP contribution in [0, 0.1) is 0 Å². The summed E-state index contributed by atoms with van der Waals surface area (Å²) in [4.78, 5) is 12.7. The molecule has 1 amide bonds. The number of halogens is 1. The van der Waals surface area contributed by atoms with Crippen LogP contribution in [0.25, 0.3) is 21.8 Å². The van der Waals surface area contributed by atoms with Crippen molar-refractivity contribution >= 4 is 45.8 Å². The lowest BCUT2D eigenvalue weighted by Crippen LogP contribution is -2.29. The summed E-state index contributed by atoms with van der Waals surface area (Å²) in [5.41, 5.74) is 3.49. The van der Waals surface area contributed by atoms with Gasteiger partial charge in [-0.2, -0.15) is 0 Å². The van der Waals surface area contributed by atoms with Gasteiger partial charge in [0.05, 0.1) is 12.2 Å². The second-order valence-electron chi connectivity index (χ2n) is 7.51. The Hall–Kier alpha value is -2.90. The van der Waals surface area contributed by atoms with Crippen LogP contribution in [0.4, 0.5) is 5.69 Å². The van der Waals surface area contributed by atoms with E-state index in [4.69, 9.17) is 0 Å². The highest BCUT2D eigenvalue weighted by molar-refractivity contribution is 6.10. The van der Waals surface area contributed by atoms with Gasteiger partial charge >= 0.3 is 0 Å². The fourth-order valence-electron chi connectivity index (χ4n) is 4.30. The van der Waals surface area contributed by atoms with Crippen LogP contribution in [-0.4, -0.2) is 38.6 Å². The van der Waals surface area contributed by atoms with Crippen molar-refractivity contribution in [3.8, 4) is 0 Å². The molecular formula is C22H25ClN6O. The van der Waals surface area contributed by atoms with E-state index in [0.717, 1.165) is 43.5 Å². The van der Waals surface area contributed by atoms with Crippen LogP contribution in [-0.2, 0) is 6.54 Å². The molecule has 2 aromatic heterocycles. The standard InChI is InChI=1S/C22H24N6O.ClH/c1-2-27-20-6-4-3-5-17(20)18-13-15(7-8-21(18)27)24-22(29)19-14-28(26-25-19)16-9-11-23-12-10-16;/h3-8,13-14,16,23H,2,9-12H2,1H3,(H,24,29);1H. The molecule has 156 valence electrons. The predicted octanol–water partition coefficient (Wildman–Crippen LogP) is 4.00. The van der Waals surface area contributed by atoms with E-state index in [9.17, 15) is 4.79 Å². The highest BCUT2D eigenvalue weighted by atomic mass is 35.5. The molecule has 30 heavy (non-hydrogen) atoms. The third kappa shape index (κ3) is 3.55. The fraction of sp³-hybridized carbons (Fsp3) is 0.318. The number of carbonyl (C=O) groups excluding carboxylic acids is 1. The molecule has 1 fully saturated rings. The largest absolute Gasteiger partial charge is 0.341 e. The van der Waals surface area contributed by atoms with Crippen LogP contribution in [0.1, 0.15) is 36.3 Å². The summed E-state index contributed by atoms with van der Waals surface area (Å²) < 4.78 is 4.12. The van der Waals surface area contributed by atoms with Gasteiger partial charge in [-0.1, -0.05) is 23.4 Å². The molecule has 4 aromatic rings. The molecule has 0 saturated carbocycles. The second kappa shape index (κ2) is 8.45. The van der Waals surface area contributed by atoms with Crippen LogP contribution in [0.3, 0.4) is 0 Å². The van der Waals surface area contributed by atoms with Crippen molar-refractivity contribution in [3.63, 3.8) is 0 Å². The van der Waals surface area contributed by atoms with E-state index in [1.165, 1.54) is 16.4 Å². The topological polar surface area (TPSA) is 76.8 Å². The summed E-state index contributed by atoms with van der Waals surface area (Å²) in [6, 6.07) is 14.7. The van der Waals surface area contributed by atoms with E-state index >= 15 is 0 Å². The van der Waals surface area contributed by atoms with E-state index in [1.54, 1.807) is 6.20 Å². The van der Waals surface area contributed by atoms with Crippen LogP contribution in [0.15, 0.2) is 48.7 Å². The van der Waals surface area contributed by atoms with Crippen molar-refractivity contribution in [2.75, 3.05) is 18.4 Å². The Morgan fingerprint density at radius 3 is 2.70 bits per heavy atom. The molecule has 8 heteroatoms. The fourth-order valence-corrected chi connectivity index (χ4v) is 4.30. The van der Waals surface area contributed by atoms with Crippen LogP contribution >= 0.6 is 12.4 Å². The number of carbonyl (C=O) groups is 1. The van der Waals surface area contributed by atoms with Gasteiger partial charge in [-0.05, 0) is 57.1 Å². The van der Waals surface area contributed by atoms with E-state index in [1.807, 2.05) is 22.9 Å². The Bertz CT molecular complexity index is 1190. The quantitative estimate of drug-likeness (QED) is 0.519. The molecule has 2 N–H and O–H groups in total. The van der Waals surface area contributed by atoms with Crippen LogP contribution in [0.5, 0.6) is 0 Å². The van der Waals surface area contributed by atoms with Gasteiger partial charge in [-0.25, -0.2) is 4.68 Å². The predicted molar refractivity (Wildman–Crippen MR) is 121 cm³/mol. The third-order valence-electron chi connectivity index (χ3n) is 5.77. The van der Waals surface area contributed by atoms with E-state index in [0.29, 0.717) is 11.7 Å². The molecule has 1 saturated heterocycles. The van der Waals surface area contributed by atoms with E-state index < -0.39 is 0 Å². The first-order valence-corrected chi connectivity index (χ1v) is 10.2. The maximum absolute atomic E-state index is 12.7. The summed E-state index contributed by atoms with van der Waals surface area (Å²) in [6.07, 6.45) is 3.76. The lowest BCUT2D eigenvalue weighted by atomic mass is 10.1. The highest BCUT2D eigenvalue weighted by Crippen LogP contribution is 2.31. The molecule has 2 aromatic carbocycles. The molecule has 0 aliphatic carbocycles. The number of rotatable bonds is 4. The first-order valence-electron chi connectivity index (χ1n) is 10.2. The maximum Gasteiger partial charge on any atom is 0.277 e. The zero-order valence-corrected chi connectivity index (χ0v) is 17.7. The lowest BCUT2D eigenvalue weighted by Gasteiger charge is -2.22. The summed E-state index contributed by atoms with van der Waals surface area (Å²) >= 11 is 0. The minimum atomic E-state index is -0.233. The molecule has 0 atom stereocenters. The minimum absolute atomic E-state index is 0. The number of nitrogens with zero attached hydrogens (tertiary/aromatic N) is 4. The Morgan fingerprint density at radius 1 is 1.13 bits per heavy atom. The number of fused-ring (bicyclic) bond motifs is 3. The monoisotopic (exact) mass is 424 g/mol. The Balaban J connectivity index is 0.00000218. The summed E-state index contributed by atoms with van der Waals surface area (Å²) in [5.74, 6) is -0.233. The number of para-hydroxylation sites is 1. The number of aryl methyl sites for hydroxylation is 1. The van der Waals surface area contributed by atoms with E-state index in [2.05, 4.69) is 56.7 Å². The van der Waals surface area contributed by atoms with Gasteiger partial charge in [0.2, 0.25) is 0 Å². The summed E-state index contributed by atoms with van der Waals surface area (Å²) in [5, 5.41) is 16.9. The average Bonchev–Trinajstić information content (AvgIpc) is 3.37. The van der Waals surface area contributed by atoms with Crippen molar-refractivity contribution in [1.82, 2.24) is 24.9 Å². The smallest absolute Gasteiger partial charge is 0.277 e. The molecule has 7 nitrogen and oxygen atoms in total. The number of anilines is 1. The lowest BCUT2D eigenvalue weighted by molar-refractivity contribution is 0.102. The highest BCUT2D eigenvalue weighted by Gasteiger charge is 2.19. The number of amides is 1. The van der Waals surface area contributed by atoms with Gasteiger partial charge in [0.1, 0.15) is 0 Å². The molecule has 0 bridgehead atoms. The molecule has 0 radical (unpaired) electrons. The minimum Gasteiger partial charge on any atom is -0.341 e. The molecule has 1 aliphatic rings. The van der Waals surface area contributed by atoms with Gasteiger partial charge in [-0.3, -0.25) is 4.79 Å². The third-order valence-corrected chi connectivity index (χ3v) is 5.77. The van der Waals surface area contributed by atoms with Gasteiger partial charge in [0.15, 0.2) is 5.69 Å². The molecule has 5 rings (SSSR count). The number of nitrogens with one attached hydrogen (secondary N) is 2. The Morgan fingerprint density at radius 2 is 1.90 bits per heavy atom. The van der Waals surface area contributed by atoms with Gasteiger partial charge in [0, 0.05) is 34.0 Å². The van der Waals surface area contributed by atoms with Crippen molar-refractivity contribution in [2.45, 2.75) is 32.4 Å². The summed E-state index contributed by atoms with van der Waals surface area (Å²) in [7, 11) is 0. The normalized spacial score (nSPS) is 14.7. The number of benzene rings is 2. The molecule has 1 aliphatic heterocycles. The molecule has 0 unspecified atom stereocenters. The maximum atomic E-state index is 12.7.